The van der Waals surface area contributed by atoms with Gasteiger partial charge in [-0.15, -0.1) is 0 Å². The molecule has 0 N–H and O–H groups in total. The van der Waals surface area contributed by atoms with Gasteiger partial charge in [-0.3, -0.25) is 16.8 Å². The summed E-state index contributed by atoms with van der Waals surface area (Å²) in [6, 6.07) is 0. The molecule has 0 amide bonds. The molecule has 0 bridgehead atoms. The van der Waals surface area contributed by atoms with E-state index >= 15 is 0 Å². The predicted molar refractivity (Wildman–Crippen MR) is 26.7 cm³/mol. The van der Waals surface area contributed by atoms with Crippen molar-refractivity contribution in [2.75, 3.05) is 0 Å². The Labute approximate surface area is 170 Å². The van der Waals surface area contributed by atoms with Gasteiger partial charge in [-0.2, -0.15) is 0 Å². The first-order chi connectivity index (χ1) is 4.00. The third kappa shape index (κ3) is 220. The first-order valence-electron chi connectivity index (χ1n) is 1.33. The van der Waals surface area contributed by atoms with Crippen LogP contribution in [0.1, 0.15) is 0 Å². The first kappa shape index (κ1) is 30.0. The second-order valence-corrected chi connectivity index (χ2v) is 2.45. The van der Waals surface area contributed by atoms with Crippen molar-refractivity contribution in [2.45, 2.75) is 0 Å². The van der Waals surface area contributed by atoms with Crippen molar-refractivity contribution in [1.29, 1.82) is 0 Å². The molecule has 0 fully saturated rings. The summed E-state index contributed by atoms with van der Waals surface area (Å²) in [5.41, 5.74) is 0. The third-order valence-corrected chi connectivity index (χ3v) is 0. The summed E-state index contributed by atoms with van der Waals surface area (Å²) in [5.74, 6) is 0. The first-order valence-corrected chi connectivity index (χ1v) is 4.00. The maximum absolute atomic E-state index is 8.52. The van der Waals surface area contributed by atoms with E-state index in [1.165, 1.54) is 0 Å². The van der Waals surface area contributed by atoms with Gasteiger partial charge in [0.25, 0.3) is 0 Å². The zero-order chi connectivity index (χ0) is 9.00. The Morgan fingerprint density at radius 2 is 0.692 bits per heavy atom. The molecule has 0 unspecified atom stereocenters. The predicted octanol–water partition coefficient (Wildman–Crippen LogP) is -9.05. The van der Waals surface area contributed by atoms with Gasteiger partial charge in [-0.25, -0.2) is 0 Å². The van der Waals surface area contributed by atoms with Gasteiger partial charge in [0, 0.05) is 20.8 Å². The topological polar surface area (TPSA) is 161 Å². The van der Waals surface area contributed by atoms with E-state index in [4.69, 9.17) is 35.0 Å². The number of rotatable bonds is 0. The zero-order valence-electron chi connectivity index (χ0n) is 6.79. The molecule has 0 aliphatic rings. The van der Waals surface area contributed by atoms with Gasteiger partial charge in [-0.05, 0) is 0 Å². The fraction of sp³-hybridized carbons (Fsp3) is 0. The Morgan fingerprint density at radius 1 is 0.692 bits per heavy atom. The average molecular weight is 294 g/mol. The zero-order valence-corrected chi connectivity index (χ0v) is 15.8. The van der Waals surface area contributed by atoms with Crippen LogP contribution in [0.25, 0.3) is 0 Å². The van der Waals surface area contributed by atoms with Crippen LogP contribution in [0.15, 0.2) is 0 Å². The molecule has 0 saturated carbocycles. The van der Waals surface area contributed by atoms with E-state index in [1.807, 2.05) is 0 Å². The van der Waals surface area contributed by atoms with Crippen LogP contribution in [-0.2, 0) is 20.8 Å². The second kappa shape index (κ2) is 13.7. The monoisotopic (exact) mass is 294 g/mol. The van der Waals surface area contributed by atoms with Gasteiger partial charge in [0.15, 0.2) is 0 Å². The maximum Gasteiger partial charge on any atom is 2.00 e. The molecule has 0 atom stereocenters. The van der Waals surface area contributed by atoms with E-state index in [0.29, 0.717) is 0 Å². The second-order valence-electron chi connectivity index (χ2n) is 0.816. The normalized spacial score (nSPS) is 8.92. The van der Waals surface area contributed by atoms with Gasteiger partial charge < -0.3 is 18.2 Å². The smallest absolute Gasteiger partial charge is 0.759 e. The molecule has 8 nitrogen and oxygen atoms in total. The van der Waals surface area contributed by atoms with E-state index in [9.17, 15) is 0 Å². The van der Waals surface area contributed by atoms with Crippen molar-refractivity contribution in [1.82, 2.24) is 0 Å². The van der Waals surface area contributed by atoms with Gasteiger partial charge in [0.2, 0.25) is 0 Å². The molecule has 64 valence electrons. The van der Waals surface area contributed by atoms with Crippen molar-refractivity contribution in [3.8, 4) is 0 Å². The average Bonchev–Trinajstić information content (AvgIpc) is 1.12. The molecule has 0 aromatic carbocycles. The molecule has 0 aliphatic heterocycles. The summed E-state index contributed by atoms with van der Waals surface area (Å²) in [4.78, 5) is 0. The Bertz CT molecular complexity index is 219. The Balaban J connectivity index is -0.0000000267. The molecule has 0 spiro atoms. The van der Waals surface area contributed by atoms with E-state index in [2.05, 4.69) is 0 Å². The molecule has 13 heteroatoms. The molecule has 0 saturated heterocycles. The fourth-order valence-electron chi connectivity index (χ4n) is 0. The summed E-state index contributed by atoms with van der Waals surface area (Å²) in [7, 11) is -10.3. The van der Waals surface area contributed by atoms with Gasteiger partial charge in [0.05, 0.1) is 0 Å². The summed E-state index contributed by atoms with van der Waals surface area (Å²) in [5, 5.41) is 0. The summed E-state index contributed by atoms with van der Waals surface area (Å²) in [6.45, 7) is 0. The largest absolute Gasteiger partial charge is 2.00 e. The van der Waals surface area contributed by atoms with Crippen molar-refractivity contribution >= 4 is 58.5 Å². The number of hydrogen-bond donors (Lipinski definition) is 0. The molecule has 0 aromatic heterocycles. The van der Waals surface area contributed by atoms with Crippen molar-refractivity contribution in [3.05, 3.63) is 0 Å². The Hall–Kier alpha value is 3.64. The van der Waals surface area contributed by atoms with E-state index in [1.54, 1.807) is 0 Å². The van der Waals surface area contributed by atoms with Crippen LogP contribution in [0.4, 0.5) is 0 Å². The molecule has 0 aromatic rings. The molecular weight excluding hydrogens is 294 g/mol. The SMILES string of the molecule is O=S(=O)([O-])[O-].O=S(=O)([O-])[O-].[Ca+2].[K+].[Na+]. The molecular formula is CaKNaO8S2. The summed E-state index contributed by atoms with van der Waals surface area (Å²) >= 11 is 0. The van der Waals surface area contributed by atoms with Crippen LogP contribution >= 0.6 is 0 Å². The van der Waals surface area contributed by atoms with Crippen LogP contribution in [0.2, 0.25) is 0 Å². The molecule has 0 rings (SSSR count). The van der Waals surface area contributed by atoms with Crippen LogP contribution in [-0.4, -0.2) is 72.8 Å². The Morgan fingerprint density at radius 3 is 0.692 bits per heavy atom. The quantitative estimate of drug-likeness (QED) is 0.242. The van der Waals surface area contributed by atoms with Crippen molar-refractivity contribution in [2.24, 2.45) is 0 Å². The molecule has 0 heterocycles. The molecule has 13 heavy (non-hydrogen) atoms. The van der Waals surface area contributed by atoms with Crippen LogP contribution in [0.5, 0.6) is 0 Å². The maximum atomic E-state index is 8.52. The summed E-state index contributed by atoms with van der Waals surface area (Å²) in [6.07, 6.45) is 0. The van der Waals surface area contributed by atoms with E-state index in [0.717, 1.165) is 0 Å². The van der Waals surface area contributed by atoms with Crippen molar-refractivity contribution < 1.29 is 116 Å². The van der Waals surface area contributed by atoms with E-state index < -0.39 is 20.8 Å². The van der Waals surface area contributed by atoms with Crippen molar-refractivity contribution in [3.63, 3.8) is 0 Å². The molecule has 0 aliphatic carbocycles. The van der Waals surface area contributed by atoms with Crippen LogP contribution in [0, 0.1) is 0 Å². The van der Waals surface area contributed by atoms with E-state index in [-0.39, 0.29) is 119 Å². The van der Waals surface area contributed by atoms with Gasteiger partial charge in [-0.1, -0.05) is 0 Å². The minimum absolute atomic E-state index is 0. The van der Waals surface area contributed by atoms with Crippen LogP contribution in [0.3, 0.4) is 0 Å². The van der Waals surface area contributed by atoms with Crippen LogP contribution < -0.4 is 80.9 Å². The number of hydrogen-bond acceptors (Lipinski definition) is 8. The van der Waals surface area contributed by atoms with Gasteiger partial charge >= 0.3 is 119 Å². The fourth-order valence-corrected chi connectivity index (χ4v) is 0. The summed E-state index contributed by atoms with van der Waals surface area (Å²) < 4.78 is 68.2. The minimum atomic E-state index is -5.17. The molecule has 0 radical (unpaired) electrons. The minimum Gasteiger partial charge on any atom is -0.759 e. The third-order valence-electron chi connectivity index (χ3n) is 0. The van der Waals surface area contributed by atoms with Gasteiger partial charge in [0.1, 0.15) is 0 Å². The Kier molecular flexibility index (Phi) is 31.7. The standard InChI is InChI=1S/Ca.K.Na.2H2O4S/c;;;2*1-5(2,3)4/h;;;2*(H2,1,2,3,4)/q+2;2*+1;;/p-4.